The maximum atomic E-state index is 5.27. The number of nitrogens with one attached hydrogen (secondary N) is 1. The lowest BCUT2D eigenvalue weighted by Gasteiger charge is -2.21. The van der Waals surface area contributed by atoms with Crippen molar-refractivity contribution >= 4 is 0 Å². The number of hydrogen-bond donors (Lipinski definition) is 1. The van der Waals surface area contributed by atoms with Gasteiger partial charge in [0.1, 0.15) is 5.75 Å². The van der Waals surface area contributed by atoms with E-state index in [0.29, 0.717) is 6.04 Å². The van der Waals surface area contributed by atoms with E-state index < -0.39 is 0 Å². The summed E-state index contributed by atoms with van der Waals surface area (Å²) in [4.78, 5) is 0. The lowest BCUT2D eigenvalue weighted by molar-refractivity contribution is 0.412. The first-order chi connectivity index (χ1) is 9.20. The van der Waals surface area contributed by atoms with Crippen molar-refractivity contribution in [3.8, 4) is 5.75 Å². The molecule has 100 valence electrons. The first kappa shape index (κ1) is 13.6. The second-order valence-corrected chi connectivity index (χ2v) is 4.80. The first-order valence-corrected chi connectivity index (χ1v) is 6.65. The summed E-state index contributed by atoms with van der Waals surface area (Å²) < 4.78 is 5.27. The third kappa shape index (κ3) is 3.58. The van der Waals surface area contributed by atoms with E-state index in [1.807, 2.05) is 18.2 Å². The monoisotopic (exact) mass is 255 g/mol. The zero-order valence-corrected chi connectivity index (χ0v) is 11.8. The predicted molar refractivity (Wildman–Crippen MR) is 79.4 cm³/mol. The van der Waals surface area contributed by atoms with Gasteiger partial charge in [-0.15, -0.1) is 0 Å². The van der Waals surface area contributed by atoms with E-state index in [-0.39, 0.29) is 6.04 Å². The van der Waals surface area contributed by atoms with Gasteiger partial charge in [0.05, 0.1) is 7.11 Å². The van der Waals surface area contributed by atoms with Gasteiger partial charge in [-0.2, -0.15) is 0 Å². The van der Waals surface area contributed by atoms with Gasteiger partial charge in [-0.25, -0.2) is 0 Å². The van der Waals surface area contributed by atoms with Gasteiger partial charge in [-0.3, -0.25) is 0 Å². The molecule has 0 aromatic heterocycles. The molecule has 2 rings (SSSR count). The number of hydrogen-bond acceptors (Lipinski definition) is 2. The van der Waals surface area contributed by atoms with Gasteiger partial charge in [0.15, 0.2) is 0 Å². The number of benzene rings is 2. The van der Waals surface area contributed by atoms with Crippen LogP contribution in [-0.4, -0.2) is 7.11 Å². The van der Waals surface area contributed by atoms with Crippen LogP contribution in [0.5, 0.6) is 5.75 Å². The molecule has 0 saturated carbocycles. The molecule has 0 heterocycles. The number of methoxy groups -OCH3 is 1. The Labute approximate surface area is 115 Å². The Hall–Kier alpha value is -1.80. The van der Waals surface area contributed by atoms with Crippen LogP contribution in [0.15, 0.2) is 54.6 Å². The van der Waals surface area contributed by atoms with Crippen molar-refractivity contribution in [2.24, 2.45) is 0 Å². The zero-order valence-electron chi connectivity index (χ0n) is 11.8. The molecule has 0 bridgehead atoms. The van der Waals surface area contributed by atoms with Crippen LogP contribution in [0.2, 0.25) is 0 Å². The van der Waals surface area contributed by atoms with Crippen molar-refractivity contribution in [1.82, 2.24) is 5.32 Å². The lowest BCUT2D eigenvalue weighted by Crippen LogP contribution is -2.22. The second-order valence-electron chi connectivity index (χ2n) is 4.80. The van der Waals surface area contributed by atoms with E-state index in [4.69, 9.17) is 4.74 Å². The Morgan fingerprint density at radius 1 is 0.842 bits per heavy atom. The summed E-state index contributed by atoms with van der Waals surface area (Å²) in [5.41, 5.74) is 2.54. The molecule has 0 aliphatic heterocycles. The molecule has 1 unspecified atom stereocenters. The van der Waals surface area contributed by atoms with Gasteiger partial charge in [-0.1, -0.05) is 42.5 Å². The van der Waals surface area contributed by atoms with E-state index in [2.05, 4.69) is 55.6 Å². The molecule has 2 nitrogen and oxygen atoms in total. The molecule has 19 heavy (non-hydrogen) atoms. The van der Waals surface area contributed by atoms with Crippen molar-refractivity contribution in [1.29, 1.82) is 0 Å². The summed E-state index contributed by atoms with van der Waals surface area (Å²) in [7, 11) is 1.70. The first-order valence-electron chi connectivity index (χ1n) is 6.65. The van der Waals surface area contributed by atoms with E-state index in [1.54, 1.807) is 7.11 Å². The van der Waals surface area contributed by atoms with Crippen molar-refractivity contribution < 1.29 is 4.74 Å². The molecule has 0 saturated heterocycles. The second kappa shape index (κ2) is 6.39. The van der Waals surface area contributed by atoms with E-state index >= 15 is 0 Å². The minimum Gasteiger partial charge on any atom is -0.497 e. The Morgan fingerprint density at radius 2 is 1.47 bits per heavy atom. The largest absolute Gasteiger partial charge is 0.497 e. The molecule has 0 spiro atoms. The third-order valence-corrected chi connectivity index (χ3v) is 3.39. The third-order valence-electron chi connectivity index (χ3n) is 3.39. The minimum atomic E-state index is 0.283. The summed E-state index contributed by atoms with van der Waals surface area (Å²) in [6, 6.07) is 19.3. The lowest BCUT2D eigenvalue weighted by atomic mass is 10.0. The SMILES string of the molecule is COc1cccc([C@H](C)NC(C)c2ccccc2)c1. The molecule has 2 atom stereocenters. The molecule has 0 aliphatic carbocycles. The molecule has 2 aromatic carbocycles. The fraction of sp³-hybridized carbons (Fsp3) is 0.294. The summed E-state index contributed by atoms with van der Waals surface area (Å²) in [6.45, 7) is 4.36. The van der Waals surface area contributed by atoms with Crippen LogP contribution in [0, 0.1) is 0 Å². The molecule has 0 aliphatic rings. The van der Waals surface area contributed by atoms with Gasteiger partial charge in [0.25, 0.3) is 0 Å². The van der Waals surface area contributed by atoms with E-state index in [9.17, 15) is 0 Å². The Balaban J connectivity index is 2.06. The van der Waals surface area contributed by atoms with Crippen LogP contribution in [0.4, 0.5) is 0 Å². The highest BCUT2D eigenvalue weighted by molar-refractivity contribution is 5.30. The van der Waals surface area contributed by atoms with Crippen LogP contribution >= 0.6 is 0 Å². The molecule has 0 fully saturated rings. The molecule has 2 heteroatoms. The molecule has 2 aromatic rings. The fourth-order valence-electron chi connectivity index (χ4n) is 2.22. The smallest absolute Gasteiger partial charge is 0.119 e. The van der Waals surface area contributed by atoms with Crippen LogP contribution in [0.1, 0.15) is 37.1 Å². The highest BCUT2D eigenvalue weighted by Gasteiger charge is 2.11. The van der Waals surface area contributed by atoms with Gasteiger partial charge in [-0.05, 0) is 37.1 Å². The van der Waals surface area contributed by atoms with Crippen molar-refractivity contribution in [2.45, 2.75) is 25.9 Å². The van der Waals surface area contributed by atoms with Crippen LogP contribution in [0.3, 0.4) is 0 Å². The maximum absolute atomic E-state index is 5.27. The summed E-state index contributed by atoms with van der Waals surface area (Å²) in [5, 5.41) is 3.61. The quantitative estimate of drug-likeness (QED) is 0.868. The van der Waals surface area contributed by atoms with Gasteiger partial charge < -0.3 is 10.1 Å². The van der Waals surface area contributed by atoms with E-state index in [1.165, 1.54) is 11.1 Å². The number of rotatable bonds is 5. The standard InChI is InChI=1S/C17H21NO/c1-13(15-8-5-4-6-9-15)18-14(2)16-10-7-11-17(12-16)19-3/h4-14,18H,1-3H3/t13?,14-/m0/s1. The van der Waals surface area contributed by atoms with Gasteiger partial charge in [0, 0.05) is 12.1 Å². The maximum Gasteiger partial charge on any atom is 0.119 e. The highest BCUT2D eigenvalue weighted by Crippen LogP contribution is 2.22. The minimum absolute atomic E-state index is 0.283. The van der Waals surface area contributed by atoms with Crippen LogP contribution < -0.4 is 10.1 Å². The topological polar surface area (TPSA) is 21.3 Å². The summed E-state index contributed by atoms with van der Waals surface area (Å²) in [5.74, 6) is 0.901. The van der Waals surface area contributed by atoms with Crippen LogP contribution in [0.25, 0.3) is 0 Å². The molecule has 0 radical (unpaired) electrons. The Kier molecular flexibility index (Phi) is 4.58. The predicted octanol–water partition coefficient (Wildman–Crippen LogP) is 4.11. The molecular weight excluding hydrogens is 234 g/mol. The number of ether oxygens (including phenoxy) is 1. The fourth-order valence-corrected chi connectivity index (χ4v) is 2.22. The van der Waals surface area contributed by atoms with Crippen molar-refractivity contribution in [3.63, 3.8) is 0 Å². The van der Waals surface area contributed by atoms with Crippen molar-refractivity contribution in [2.75, 3.05) is 7.11 Å². The Bertz CT molecular complexity index is 510. The normalized spacial score (nSPS) is 13.8. The molecular formula is C17H21NO. The van der Waals surface area contributed by atoms with Gasteiger partial charge >= 0.3 is 0 Å². The summed E-state index contributed by atoms with van der Waals surface area (Å²) in [6.07, 6.45) is 0. The zero-order chi connectivity index (χ0) is 13.7. The van der Waals surface area contributed by atoms with Crippen LogP contribution in [-0.2, 0) is 0 Å². The van der Waals surface area contributed by atoms with Gasteiger partial charge in [0.2, 0.25) is 0 Å². The average molecular weight is 255 g/mol. The average Bonchev–Trinajstić information content (AvgIpc) is 2.48. The van der Waals surface area contributed by atoms with Crippen molar-refractivity contribution in [3.05, 3.63) is 65.7 Å². The van der Waals surface area contributed by atoms with E-state index in [0.717, 1.165) is 5.75 Å². The highest BCUT2D eigenvalue weighted by atomic mass is 16.5. The molecule has 1 N–H and O–H groups in total. The molecule has 0 amide bonds. The Morgan fingerprint density at radius 3 is 2.16 bits per heavy atom. The summed E-state index contributed by atoms with van der Waals surface area (Å²) >= 11 is 0.